The van der Waals surface area contributed by atoms with Gasteiger partial charge in [-0.2, -0.15) is 0 Å². The Morgan fingerprint density at radius 3 is 2.72 bits per heavy atom. The van der Waals surface area contributed by atoms with Crippen molar-refractivity contribution in [3.05, 3.63) is 29.3 Å². The first-order valence-electron chi connectivity index (χ1n) is 8.61. The molecule has 0 saturated carbocycles. The van der Waals surface area contributed by atoms with E-state index >= 15 is 0 Å². The first-order chi connectivity index (χ1) is 12.2. The predicted molar refractivity (Wildman–Crippen MR) is 99.5 cm³/mol. The number of aryl methyl sites for hydroxylation is 1. The van der Waals surface area contributed by atoms with Crippen molar-refractivity contribution in [1.82, 2.24) is 10.2 Å². The van der Waals surface area contributed by atoms with Crippen LogP contribution in [0, 0.1) is 0 Å². The maximum Gasteiger partial charge on any atom is 0.226 e. The highest BCUT2D eigenvalue weighted by atomic mass is 32.1. The third kappa shape index (κ3) is 6.70. The zero-order chi connectivity index (χ0) is 17.9. The van der Waals surface area contributed by atoms with Crippen molar-refractivity contribution in [1.29, 1.82) is 0 Å². The van der Waals surface area contributed by atoms with Crippen LogP contribution in [0.2, 0.25) is 0 Å². The highest BCUT2D eigenvalue weighted by Gasteiger charge is 2.09. The van der Waals surface area contributed by atoms with Gasteiger partial charge >= 0.3 is 0 Å². The van der Waals surface area contributed by atoms with Crippen molar-refractivity contribution < 1.29 is 14.3 Å². The molecular weight excluding hydrogens is 338 g/mol. The van der Waals surface area contributed by atoms with E-state index in [0.29, 0.717) is 36.1 Å². The zero-order valence-corrected chi connectivity index (χ0v) is 15.6. The summed E-state index contributed by atoms with van der Waals surface area (Å²) in [5.74, 6) is 1.31. The summed E-state index contributed by atoms with van der Waals surface area (Å²) in [6.07, 6.45) is 5.40. The Labute approximate surface area is 152 Å². The maximum atomic E-state index is 12.0. The molecule has 0 saturated heterocycles. The van der Waals surface area contributed by atoms with E-state index in [2.05, 4.69) is 22.4 Å². The lowest BCUT2D eigenvalue weighted by molar-refractivity contribution is -0.116. The number of hydrogen-bond donors (Lipinski definition) is 1. The highest BCUT2D eigenvalue weighted by Crippen LogP contribution is 2.25. The molecule has 0 aliphatic rings. The lowest BCUT2D eigenvalue weighted by Gasteiger charge is -2.09. The van der Waals surface area contributed by atoms with Crippen LogP contribution >= 0.6 is 11.3 Å². The van der Waals surface area contributed by atoms with Crippen LogP contribution in [0.1, 0.15) is 44.0 Å². The van der Waals surface area contributed by atoms with Crippen LogP contribution in [0.5, 0.6) is 11.5 Å². The van der Waals surface area contributed by atoms with Crippen LogP contribution in [0.4, 0.5) is 5.13 Å². The molecule has 6 nitrogen and oxygen atoms in total. The molecule has 1 amide bonds. The van der Waals surface area contributed by atoms with E-state index in [-0.39, 0.29) is 5.91 Å². The fraction of sp³-hybridized carbons (Fsp3) is 0.500. The Bertz CT molecular complexity index is 661. The van der Waals surface area contributed by atoms with E-state index in [1.165, 1.54) is 24.2 Å². The van der Waals surface area contributed by atoms with Gasteiger partial charge in [0.25, 0.3) is 0 Å². The second-order valence-electron chi connectivity index (χ2n) is 5.61. The first kappa shape index (κ1) is 19.2. The number of benzene rings is 1. The van der Waals surface area contributed by atoms with E-state index in [4.69, 9.17) is 9.47 Å². The van der Waals surface area contributed by atoms with Crippen LogP contribution in [0.3, 0.4) is 0 Å². The monoisotopic (exact) mass is 363 g/mol. The molecule has 1 N–H and O–H groups in total. The summed E-state index contributed by atoms with van der Waals surface area (Å²) in [7, 11) is 1.61. The highest BCUT2D eigenvalue weighted by molar-refractivity contribution is 7.15. The Kier molecular flexibility index (Phi) is 8.18. The first-order valence-corrected chi connectivity index (χ1v) is 9.42. The van der Waals surface area contributed by atoms with Crippen molar-refractivity contribution >= 4 is 22.4 Å². The number of carbonyl (C=O) groups excluding carboxylic acids is 1. The molecule has 1 aromatic carbocycles. The number of ether oxygens (including phenoxy) is 2. The molecule has 0 atom stereocenters. The van der Waals surface area contributed by atoms with Gasteiger partial charge in [-0.3, -0.25) is 4.79 Å². The molecule has 0 aliphatic carbocycles. The number of nitrogens with one attached hydrogen (secondary N) is 1. The average Bonchev–Trinajstić information content (AvgIpc) is 3.06. The molecule has 1 heterocycles. The van der Waals surface area contributed by atoms with E-state index in [1.807, 2.05) is 24.3 Å². The standard InChI is InChI=1S/C18H25N3O3S/c1-3-4-5-12-17-20-21-18(25-17)19-16(22)11-8-13-24-15-10-7-6-9-14(15)23-2/h6-7,9-10H,3-5,8,11-13H2,1-2H3,(H,19,21,22). The minimum atomic E-state index is -0.0696. The summed E-state index contributed by atoms with van der Waals surface area (Å²) in [6, 6.07) is 7.46. The molecule has 1 aromatic heterocycles. The normalized spacial score (nSPS) is 10.5. The topological polar surface area (TPSA) is 73.3 Å². The second-order valence-corrected chi connectivity index (χ2v) is 6.67. The molecule has 2 rings (SSSR count). The predicted octanol–water partition coefficient (Wildman–Crippen LogP) is 4.08. The minimum Gasteiger partial charge on any atom is -0.493 e. The number of carbonyl (C=O) groups is 1. The van der Waals surface area contributed by atoms with Gasteiger partial charge in [0.1, 0.15) is 5.01 Å². The summed E-state index contributed by atoms with van der Waals surface area (Å²) in [5, 5.41) is 12.5. The van der Waals surface area contributed by atoms with E-state index in [1.54, 1.807) is 7.11 Å². The van der Waals surface area contributed by atoms with Gasteiger partial charge in [-0.1, -0.05) is 43.2 Å². The number of amides is 1. The largest absolute Gasteiger partial charge is 0.493 e. The van der Waals surface area contributed by atoms with Gasteiger partial charge < -0.3 is 14.8 Å². The molecule has 0 fully saturated rings. The maximum absolute atomic E-state index is 12.0. The third-order valence-electron chi connectivity index (χ3n) is 3.58. The quantitative estimate of drug-likeness (QED) is 0.609. The number of methoxy groups -OCH3 is 1. The third-order valence-corrected chi connectivity index (χ3v) is 4.48. The number of unbranched alkanes of at least 4 members (excludes halogenated alkanes) is 2. The zero-order valence-electron chi connectivity index (χ0n) is 14.8. The number of hydrogen-bond acceptors (Lipinski definition) is 6. The molecule has 25 heavy (non-hydrogen) atoms. The molecule has 0 spiro atoms. The van der Waals surface area contributed by atoms with Crippen molar-refractivity contribution in [2.24, 2.45) is 0 Å². The SMILES string of the molecule is CCCCCc1nnc(NC(=O)CCCOc2ccccc2OC)s1. The summed E-state index contributed by atoms with van der Waals surface area (Å²) in [5.41, 5.74) is 0. The van der Waals surface area contributed by atoms with Gasteiger partial charge in [0.05, 0.1) is 13.7 Å². The fourth-order valence-corrected chi connectivity index (χ4v) is 3.06. The average molecular weight is 363 g/mol. The van der Waals surface area contributed by atoms with Gasteiger partial charge in [-0.15, -0.1) is 10.2 Å². The molecule has 0 unspecified atom stereocenters. The van der Waals surface area contributed by atoms with E-state index < -0.39 is 0 Å². The summed E-state index contributed by atoms with van der Waals surface area (Å²) in [6.45, 7) is 2.62. The van der Waals surface area contributed by atoms with Crippen molar-refractivity contribution in [2.75, 3.05) is 19.0 Å². The van der Waals surface area contributed by atoms with E-state index in [9.17, 15) is 4.79 Å². The fourth-order valence-electron chi connectivity index (χ4n) is 2.27. The lowest BCUT2D eigenvalue weighted by Crippen LogP contribution is -2.12. The van der Waals surface area contributed by atoms with Gasteiger partial charge in [0.2, 0.25) is 11.0 Å². The number of para-hydroxylation sites is 2. The Morgan fingerprint density at radius 2 is 1.96 bits per heavy atom. The number of rotatable bonds is 11. The molecule has 0 radical (unpaired) electrons. The Balaban J connectivity index is 1.67. The molecule has 0 bridgehead atoms. The lowest BCUT2D eigenvalue weighted by atomic mass is 10.2. The molecule has 136 valence electrons. The van der Waals surface area contributed by atoms with Gasteiger partial charge in [-0.05, 0) is 25.0 Å². The van der Waals surface area contributed by atoms with Crippen LogP contribution in [0.25, 0.3) is 0 Å². The van der Waals surface area contributed by atoms with Crippen LogP contribution < -0.4 is 14.8 Å². The van der Waals surface area contributed by atoms with Gasteiger partial charge in [-0.25, -0.2) is 0 Å². The Hall–Kier alpha value is -2.15. The molecule has 0 aliphatic heterocycles. The van der Waals surface area contributed by atoms with Crippen LogP contribution in [-0.4, -0.2) is 29.8 Å². The summed E-state index contributed by atoms with van der Waals surface area (Å²) < 4.78 is 10.9. The van der Waals surface area contributed by atoms with Crippen molar-refractivity contribution in [3.63, 3.8) is 0 Å². The number of nitrogens with zero attached hydrogens (tertiary/aromatic N) is 2. The summed E-state index contributed by atoms with van der Waals surface area (Å²) >= 11 is 1.45. The van der Waals surface area contributed by atoms with Gasteiger partial charge in [0.15, 0.2) is 11.5 Å². The van der Waals surface area contributed by atoms with Crippen LogP contribution in [-0.2, 0) is 11.2 Å². The minimum absolute atomic E-state index is 0.0696. The van der Waals surface area contributed by atoms with Crippen LogP contribution in [0.15, 0.2) is 24.3 Å². The smallest absolute Gasteiger partial charge is 0.226 e. The van der Waals surface area contributed by atoms with Crippen molar-refractivity contribution in [2.45, 2.75) is 45.4 Å². The number of aromatic nitrogens is 2. The van der Waals surface area contributed by atoms with Crippen molar-refractivity contribution in [3.8, 4) is 11.5 Å². The molecular formula is C18H25N3O3S. The molecule has 2 aromatic rings. The summed E-state index contributed by atoms with van der Waals surface area (Å²) in [4.78, 5) is 12.0. The Morgan fingerprint density at radius 1 is 1.16 bits per heavy atom. The second kappa shape index (κ2) is 10.7. The van der Waals surface area contributed by atoms with Gasteiger partial charge in [0, 0.05) is 12.8 Å². The number of anilines is 1. The van der Waals surface area contributed by atoms with E-state index in [0.717, 1.165) is 17.8 Å². The molecule has 7 heteroatoms.